The second kappa shape index (κ2) is 8.50. The van der Waals surface area contributed by atoms with Gasteiger partial charge in [0.1, 0.15) is 16.5 Å². The molecule has 0 spiro atoms. The number of rotatable bonds is 5. The molecule has 0 radical (unpaired) electrons. The molecule has 0 saturated carbocycles. The second-order valence-corrected chi connectivity index (χ2v) is 6.47. The van der Waals surface area contributed by atoms with E-state index >= 15 is 0 Å². The first-order valence-corrected chi connectivity index (χ1v) is 8.85. The first kappa shape index (κ1) is 18.0. The van der Waals surface area contributed by atoms with Gasteiger partial charge in [-0.25, -0.2) is 9.37 Å². The fourth-order valence-electron chi connectivity index (χ4n) is 2.58. The Morgan fingerprint density at radius 1 is 1.08 bits per heavy atom. The fourth-order valence-corrected chi connectivity index (χ4v) is 2.88. The number of hydrogen-bond acceptors (Lipinski definition) is 3. The maximum Gasteiger partial charge on any atom is 0.141 e. The molecule has 3 rings (SSSR count). The van der Waals surface area contributed by atoms with E-state index in [1.54, 1.807) is 0 Å². The summed E-state index contributed by atoms with van der Waals surface area (Å²) in [4.78, 5) is 8.68. The van der Waals surface area contributed by atoms with Crippen molar-refractivity contribution < 1.29 is 4.39 Å². The van der Waals surface area contributed by atoms with E-state index < -0.39 is 11.9 Å². The van der Waals surface area contributed by atoms with Crippen LogP contribution in [0, 0.1) is 17.1 Å². The lowest BCUT2D eigenvalue weighted by atomic mass is 10.0. The van der Waals surface area contributed by atoms with Gasteiger partial charge < -0.3 is 0 Å². The molecule has 0 amide bonds. The highest BCUT2D eigenvalue weighted by atomic mass is 79.9. The highest BCUT2D eigenvalue weighted by Gasteiger charge is 2.15. The van der Waals surface area contributed by atoms with Gasteiger partial charge >= 0.3 is 0 Å². The molecule has 0 bridgehead atoms. The highest BCUT2D eigenvalue weighted by molar-refractivity contribution is 9.10. The number of benzene rings is 2. The third-order valence-electron chi connectivity index (χ3n) is 3.84. The molecule has 1 unspecified atom stereocenters. The number of nitrogens with zero attached hydrogens (tertiary/aromatic N) is 3. The van der Waals surface area contributed by atoms with Gasteiger partial charge in [-0.3, -0.25) is 4.99 Å². The summed E-state index contributed by atoms with van der Waals surface area (Å²) < 4.78 is 14.5. The van der Waals surface area contributed by atoms with Crippen molar-refractivity contribution in [2.24, 2.45) is 4.99 Å². The zero-order chi connectivity index (χ0) is 18.4. The van der Waals surface area contributed by atoms with Gasteiger partial charge in [0.05, 0.1) is 11.8 Å². The molecule has 26 heavy (non-hydrogen) atoms. The molecule has 1 atom stereocenters. The Balaban J connectivity index is 1.99. The number of halogens is 2. The van der Waals surface area contributed by atoms with Gasteiger partial charge in [-0.2, -0.15) is 5.26 Å². The molecule has 1 heterocycles. The molecule has 0 N–H and O–H groups in total. The smallest absolute Gasteiger partial charge is 0.141 e. The van der Waals surface area contributed by atoms with Crippen molar-refractivity contribution in [1.29, 1.82) is 5.26 Å². The van der Waals surface area contributed by atoms with Crippen LogP contribution >= 0.6 is 15.9 Å². The van der Waals surface area contributed by atoms with Gasteiger partial charge in [-0.15, -0.1) is 0 Å². The summed E-state index contributed by atoms with van der Waals surface area (Å²) in [5.41, 5.74) is 2.90. The van der Waals surface area contributed by atoms with E-state index in [0.29, 0.717) is 15.9 Å². The zero-order valence-corrected chi connectivity index (χ0v) is 15.4. The Morgan fingerprint density at radius 3 is 2.15 bits per heavy atom. The summed E-state index contributed by atoms with van der Waals surface area (Å²) in [7, 11) is 0. The van der Waals surface area contributed by atoms with Crippen LogP contribution in [0.5, 0.6) is 0 Å². The molecule has 1 aromatic heterocycles. The lowest BCUT2D eigenvalue weighted by Gasteiger charge is -2.11. The van der Waals surface area contributed by atoms with Crippen LogP contribution in [0.1, 0.15) is 16.7 Å². The summed E-state index contributed by atoms with van der Waals surface area (Å²) in [5, 5.41) is 9.57. The summed E-state index contributed by atoms with van der Waals surface area (Å²) in [6.45, 7) is 0. The number of aromatic nitrogens is 1. The molecule has 0 saturated heterocycles. The van der Waals surface area contributed by atoms with Crippen molar-refractivity contribution in [3.05, 3.63) is 100 Å². The Kier molecular flexibility index (Phi) is 5.88. The van der Waals surface area contributed by atoms with Crippen molar-refractivity contribution in [1.82, 2.24) is 4.98 Å². The van der Waals surface area contributed by atoms with Crippen molar-refractivity contribution >= 4 is 21.6 Å². The van der Waals surface area contributed by atoms with Crippen molar-refractivity contribution in [3.8, 4) is 6.07 Å². The second-order valence-electron chi connectivity index (χ2n) is 5.66. The Bertz CT molecular complexity index is 908. The van der Waals surface area contributed by atoms with Crippen LogP contribution in [-0.4, -0.2) is 16.7 Å². The fraction of sp³-hybridized carbons (Fsp3) is 0.0952. The van der Waals surface area contributed by atoms with E-state index in [-0.39, 0.29) is 6.42 Å². The topological polar surface area (TPSA) is 49.0 Å². The third-order valence-corrected chi connectivity index (χ3v) is 4.27. The largest absolute Gasteiger partial charge is 0.265 e. The molecule has 3 aromatic rings. The van der Waals surface area contributed by atoms with Gasteiger partial charge in [0.25, 0.3) is 0 Å². The van der Waals surface area contributed by atoms with Crippen LogP contribution in [0.4, 0.5) is 4.39 Å². The molecule has 5 heteroatoms. The van der Waals surface area contributed by atoms with Gasteiger partial charge in [-0.1, -0.05) is 60.7 Å². The normalized spacial score (nSPS) is 11.4. The standard InChI is InChI=1S/C21H15BrFN3/c22-20-12-19(23)17(14-25-20)11-18(13-24)26-21(15-7-3-1-4-8-15)16-9-5-2-6-10-16/h1-10,12,14,18H,11H2. The van der Waals surface area contributed by atoms with Crippen LogP contribution in [-0.2, 0) is 6.42 Å². The average Bonchev–Trinajstić information content (AvgIpc) is 2.68. The number of aliphatic imine (C=N–C) groups is 1. The Morgan fingerprint density at radius 2 is 1.65 bits per heavy atom. The molecule has 128 valence electrons. The first-order chi connectivity index (χ1) is 12.7. The van der Waals surface area contributed by atoms with E-state index in [2.05, 4.69) is 32.0 Å². The van der Waals surface area contributed by atoms with E-state index in [0.717, 1.165) is 11.1 Å². The monoisotopic (exact) mass is 407 g/mol. The summed E-state index contributed by atoms with van der Waals surface area (Å²) in [5.74, 6) is -0.400. The third kappa shape index (κ3) is 4.41. The first-order valence-electron chi connectivity index (χ1n) is 8.05. The summed E-state index contributed by atoms with van der Waals surface area (Å²) in [6, 6.07) is 22.1. The molecule has 0 aliphatic carbocycles. The van der Waals surface area contributed by atoms with Gasteiger partial charge in [0, 0.05) is 35.4 Å². The van der Waals surface area contributed by atoms with Crippen LogP contribution < -0.4 is 0 Å². The average molecular weight is 408 g/mol. The molecular formula is C21H15BrFN3. The maximum absolute atomic E-state index is 14.1. The van der Waals surface area contributed by atoms with Crippen LogP contribution in [0.25, 0.3) is 0 Å². The van der Waals surface area contributed by atoms with Crippen LogP contribution in [0.15, 0.2) is 82.5 Å². The highest BCUT2D eigenvalue weighted by Crippen LogP contribution is 2.17. The van der Waals surface area contributed by atoms with E-state index in [4.69, 9.17) is 0 Å². The van der Waals surface area contributed by atoms with E-state index in [1.807, 2.05) is 60.7 Å². The zero-order valence-electron chi connectivity index (χ0n) is 13.8. The van der Waals surface area contributed by atoms with Crippen LogP contribution in [0.3, 0.4) is 0 Å². The molecule has 0 fully saturated rings. The van der Waals surface area contributed by atoms with Gasteiger partial charge in [0.15, 0.2) is 0 Å². The Labute approximate surface area is 160 Å². The van der Waals surface area contributed by atoms with E-state index in [1.165, 1.54) is 12.3 Å². The van der Waals surface area contributed by atoms with E-state index in [9.17, 15) is 9.65 Å². The minimum atomic E-state index is -0.720. The lowest BCUT2D eigenvalue weighted by molar-refractivity contribution is 0.599. The SMILES string of the molecule is N#CC(Cc1cnc(Br)cc1F)N=C(c1ccccc1)c1ccccc1. The quantitative estimate of drug-likeness (QED) is 0.443. The minimum Gasteiger partial charge on any atom is -0.265 e. The van der Waals surface area contributed by atoms with Crippen molar-refractivity contribution in [3.63, 3.8) is 0 Å². The molecule has 0 aliphatic rings. The predicted molar refractivity (Wildman–Crippen MR) is 104 cm³/mol. The maximum atomic E-state index is 14.1. The molecular weight excluding hydrogens is 393 g/mol. The molecule has 2 aromatic carbocycles. The van der Waals surface area contributed by atoms with Crippen LogP contribution in [0.2, 0.25) is 0 Å². The van der Waals surface area contributed by atoms with Crippen molar-refractivity contribution in [2.45, 2.75) is 12.5 Å². The summed E-state index contributed by atoms with van der Waals surface area (Å²) >= 11 is 3.14. The number of pyridine rings is 1. The van der Waals surface area contributed by atoms with Gasteiger partial charge in [-0.05, 0) is 15.9 Å². The Hall–Kier alpha value is -2.84. The molecule has 0 aliphatic heterocycles. The lowest BCUT2D eigenvalue weighted by Crippen LogP contribution is -2.13. The predicted octanol–water partition coefficient (Wildman–Crippen LogP) is 4.96. The molecule has 3 nitrogen and oxygen atoms in total. The van der Waals surface area contributed by atoms with Crippen molar-refractivity contribution in [2.75, 3.05) is 0 Å². The van der Waals surface area contributed by atoms with Gasteiger partial charge in [0.2, 0.25) is 0 Å². The number of hydrogen-bond donors (Lipinski definition) is 0. The summed E-state index contributed by atoms with van der Waals surface area (Å²) in [6.07, 6.45) is 1.59. The minimum absolute atomic E-state index is 0.159. The number of nitriles is 1.